The molecule has 0 N–H and O–H groups in total. The van der Waals surface area contributed by atoms with E-state index < -0.39 is 0 Å². The fourth-order valence-electron chi connectivity index (χ4n) is 3.12. The van der Waals surface area contributed by atoms with Crippen LogP contribution >= 0.6 is 0 Å². The Morgan fingerprint density at radius 1 is 1.36 bits per heavy atom. The van der Waals surface area contributed by atoms with Gasteiger partial charge in [0.25, 0.3) is 0 Å². The van der Waals surface area contributed by atoms with Crippen molar-refractivity contribution >= 4 is 5.97 Å². The van der Waals surface area contributed by atoms with Crippen molar-refractivity contribution in [2.45, 2.75) is 26.3 Å². The first-order valence-electron chi connectivity index (χ1n) is 8.67. The number of ether oxygens (including phenoxy) is 2. The number of rotatable bonds is 6. The summed E-state index contributed by atoms with van der Waals surface area (Å²) in [5.74, 6) is 2.05. The molecule has 0 radical (unpaired) electrons. The molecule has 1 aliphatic rings. The van der Waals surface area contributed by atoms with E-state index in [0.717, 1.165) is 36.5 Å². The van der Waals surface area contributed by atoms with Gasteiger partial charge in [0.2, 0.25) is 5.89 Å². The lowest BCUT2D eigenvalue weighted by Crippen LogP contribution is -2.39. The van der Waals surface area contributed by atoms with Gasteiger partial charge in [-0.1, -0.05) is 0 Å². The van der Waals surface area contributed by atoms with E-state index in [1.807, 2.05) is 31.2 Å². The number of likely N-dealkylation sites (tertiary alicyclic amines) is 1. The Labute approximate surface area is 147 Å². The third kappa shape index (κ3) is 4.39. The van der Waals surface area contributed by atoms with Gasteiger partial charge in [0.15, 0.2) is 5.76 Å². The van der Waals surface area contributed by atoms with Crippen LogP contribution in [-0.4, -0.2) is 42.7 Å². The van der Waals surface area contributed by atoms with Crippen molar-refractivity contribution < 1.29 is 18.7 Å². The molecule has 6 heteroatoms. The standard InChI is InChI=1S/C19H24N2O4/c1-3-24-19(22)15-5-4-10-21(12-15)13-18-20-11-17(25-18)14-6-8-16(23-2)9-7-14/h6-9,11,15H,3-5,10,12-13H2,1-2H3/t15-/m1/s1. The molecule has 0 bridgehead atoms. The zero-order valence-electron chi connectivity index (χ0n) is 14.7. The van der Waals surface area contributed by atoms with Crippen LogP contribution in [0.15, 0.2) is 34.9 Å². The van der Waals surface area contributed by atoms with Crippen molar-refractivity contribution in [2.75, 3.05) is 26.8 Å². The molecule has 2 aromatic rings. The molecule has 1 fully saturated rings. The van der Waals surface area contributed by atoms with Gasteiger partial charge >= 0.3 is 5.97 Å². The Morgan fingerprint density at radius 2 is 2.16 bits per heavy atom. The zero-order valence-corrected chi connectivity index (χ0v) is 14.7. The normalized spacial score (nSPS) is 18.1. The Bertz CT molecular complexity index is 696. The lowest BCUT2D eigenvalue weighted by molar-refractivity contribution is -0.150. The van der Waals surface area contributed by atoms with E-state index in [4.69, 9.17) is 13.9 Å². The summed E-state index contributed by atoms with van der Waals surface area (Å²) in [6.07, 6.45) is 3.61. The highest BCUT2D eigenvalue weighted by molar-refractivity contribution is 5.72. The zero-order chi connectivity index (χ0) is 17.6. The van der Waals surface area contributed by atoms with Crippen LogP contribution < -0.4 is 4.74 Å². The van der Waals surface area contributed by atoms with Gasteiger partial charge in [-0.05, 0) is 50.6 Å². The smallest absolute Gasteiger partial charge is 0.310 e. The van der Waals surface area contributed by atoms with Crippen LogP contribution in [0.5, 0.6) is 5.75 Å². The first kappa shape index (κ1) is 17.5. The number of carbonyl (C=O) groups is 1. The second kappa shape index (κ2) is 8.16. The summed E-state index contributed by atoms with van der Waals surface area (Å²) in [5.41, 5.74) is 0.961. The molecule has 25 heavy (non-hydrogen) atoms. The predicted molar refractivity (Wildman–Crippen MR) is 93.1 cm³/mol. The second-order valence-corrected chi connectivity index (χ2v) is 6.17. The van der Waals surface area contributed by atoms with Crippen molar-refractivity contribution in [3.8, 4) is 17.1 Å². The number of hydrogen-bond donors (Lipinski definition) is 0. The van der Waals surface area contributed by atoms with Gasteiger partial charge < -0.3 is 13.9 Å². The monoisotopic (exact) mass is 344 g/mol. The minimum Gasteiger partial charge on any atom is -0.497 e. The van der Waals surface area contributed by atoms with Gasteiger partial charge in [-0.15, -0.1) is 0 Å². The van der Waals surface area contributed by atoms with E-state index in [0.29, 0.717) is 25.6 Å². The largest absolute Gasteiger partial charge is 0.497 e. The molecule has 1 aromatic heterocycles. The van der Waals surface area contributed by atoms with Crippen LogP contribution in [0.4, 0.5) is 0 Å². The maximum Gasteiger partial charge on any atom is 0.310 e. The molecular weight excluding hydrogens is 320 g/mol. The van der Waals surface area contributed by atoms with Gasteiger partial charge in [-0.25, -0.2) is 4.98 Å². The number of carbonyl (C=O) groups excluding carboxylic acids is 1. The highest BCUT2D eigenvalue weighted by atomic mass is 16.5. The molecule has 0 amide bonds. The number of benzene rings is 1. The Hall–Kier alpha value is -2.34. The van der Waals surface area contributed by atoms with E-state index in [1.54, 1.807) is 13.3 Å². The fourth-order valence-corrected chi connectivity index (χ4v) is 3.12. The topological polar surface area (TPSA) is 64.8 Å². The minimum atomic E-state index is -0.0986. The van der Waals surface area contributed by atoms with Crippen LogP contribution in [-0.2, 0) is 16.1 Å². The van der Waals surface area contributed by atoms with Crippen molar-refractivity contribution in [2.24, 2.45) is 5.92 Å². The number of nitrogens with zero attached hydrogens (tertiary/aromatic N) is 2. The third-order valence-corrected chi connectivity index (χ3v) is 4.41. The Kier molecular flexibility index (Phi) is 5.71. The lowest BCUT2D eigenvalue weighted by atomic mass is 9.98. The van der Waals surface area contributed by atoms with Crippen molar-refractivity contribution in [3.05, 3.63) is 36.4 Å². The average molecular weight is 344 g/mol. The first-order valence-corrected chi connectivity index (χ1v) is 8.67. The molecule has 0 aliphatic carbocycles. The summed E-state index contributed by atoms with van der Waals surface area (Å²) in [7, 11) is 1.64. The fraction of sp³-hybridized carbons (Fsp3) is 0.474. The van der Waals surface area contributed by atoms with Crippen LogP contribution in [0, 0.1) is 5.92 Å². The second-order valence-electron chi connectivity index (χ2n) is 6.17. The van der Waals surface area contributed by atoms with E-state index in [-0.39, 0.29) is 11.9 Å². The van der Waals surface area contributed by atoms with Gasteiger partial charge in [0, 0.05) is 12.1 Å². The van der Waals surface area contributed by atoms with Crippen molar-refractivity contribution in [1.82, 2.24) is 9.88 Å². The van der Waals surface area contributed by atoms with Crippen LogP contribution in [0.25, 0.3) is 11.3 Å². The van der Waals surface area contributed by atoms with Crippen LogP contribution in [0.2, 0.25) is 0 Å². The van der Waals surface area contributed by atoms with Crippen molar-refractivity contribution in [3.63, 3.8) is 0 Å². The molecular formula is C19H24N2O4. The van der Waals surface area contributed by atoms with Gasteiger partial charge in [-0.2, -0.15) is 0 Å². The Morgan fingerprint density at radius 3 is 2.88 bits per heavy atom. The third-order valence-electron chi connectivity index (χ3n) is 4.41. The minimum absolute atomic E-state index is 0.0512. The number of hydrogen-bond acceptors (Lipinski definition) is 6. The molecule has 1 aliphatic heterocycles. The van der Waals surface area contributed by atoms with Gasteiger partial charge in [0.05, 0.1) is 32.4 Å². The number of piperidine rings is 1. The number of esters is 1. The highest BCUT2D eigenvalue weighted by Crippen LogP contribution is 2.25. The van der Waals surface area contributed by atoms with E-state index >= 15 is 0 Å². The Balaban J connectivity index is 1.61. The number of oxazole rings is 1. The molecule has 3 rings (SSSR count). The van der Waals surface area contributed by atoms with Crippen molar-refractivity contribution in [1.29, 1.82) is 0 Å². The molecule has 0 spiro atoms. The number of aromatic nitrogens is 1. The SMILES string of the molecule is CCOC(=O)[C@@H]1CCCN(Cc2ncc(-c3ccc(OC)cc3)o2)C1. The predicted octanol–water partition coefficient (Wildman–Crippen LogP) is 3.13. The number of methoxy groups -OCH3 is 1. The molecule has 6 nitrogen and oxygen atoms in total. The first-order chi connectivity index (χ1) is 12.2. The van der Waals surface area contributed by atoms with Crippen LogP contribution in [0.3, 0.4) is 0 Å². The van der Waals surface area contributed by atoms with E-state index in [1.165, 1.54) is 0 Å². The molecule has 1 atom stereocenters. The molecule has 134 valence electrons. The van der Waals surface area contributed by atoms with Gasteiger partial charge in [-0.3, -0.25) is 9.69 Å². The molecule has 1 saturated heterocycles. The van der Waals surface area contributed by atoms with Gasteiger partial charge in [0.1, 0.15) is 5.75 Å². The summed E-state index contributed by atoms with van der Waals surface area (Å²) in [4.78, 5) is 18.5. The maximum atomic E-state index is 11.9. The molecule has 0 saturated carbocycles. The van der Waals surface area contributed by atoms with Crippen LogP contribution in [0.1, 0.15) is 25.7 Å². The van der Waals surface area contributed by atoms with E-state index in [2.05, 4.69) is 9.88 Å². The molecule has 0 unspecified atom stereocenters. The maximum absolute atomic E-state index is 11.9. The summed E-state index contributed by atoms with van der Waals surface area (Å²) in [5, 5.41) is 0. The molecule has 2 heterocycles. The average Bonchev–Trinajstić information content (AvgIpc) is 3.10. The molecule has 1 aromatic carbocycles. The van der Waals surface area contributed by atoms with E-state index in [9.17, 15) is 4.79 Å². The summed E-state index contributed by atoms with van der Waals surface area (Å²) in [6.45, 7) is 4.51. The summed E-state index contributed by atoms with van der Waals surface area (Å²) in [6, 6.07) is 7.68. The summed E-state index contributed by atoms with van der Waals surface area (Å²) < 4.78 is 16.2. The lowest BCUT2D eigenvalue weighted by Gasteiger charge is -2.30. The summed E-state index contributed by atoms with van der Waals surface area (Å²) >= 11 is 0. The quantitative estimate of drug-likeness (QED) is 0.750. The highest BCUT2D eigenvalue weighted by Gasteiger charge is 2.27.